The third-order valence-corrected chi connectivity index (χ3v) is 4.08. The van der Waals surface area contributed by atoms with Crippen LogP contribution in [0.1, 0.15) is 20.8 Å². The molecule has 0 bridgehead atoms. The second kappa shape index (κ2) is 5.55. The SMILES string of the molecule is C=C(C)Cn1c(SC(C)C)nc2c1c(=O)n(C)c(=O)n2C. The Morgan fingerprint density at radius 1 is 1.29 bits per heavy atom. The summed E-state index contributed by atoms with van der Waals surface area (Å²) >= 11 is 1.57. The Kier molecular flexibility index (Phi) is 4.13. The van der Waals surface area contributed by atoms with E-state index in [0.29, 0.717) is 23.0 Å². The van der Waals surface area contributed by atoms with E-state index in [2.05, 4.69) is 25.4 Å². The van der Waals surface area contributed by atoms with Gasteiger partial charge in [-0.15, -0.1) is 0 Å². The number of hydrogen-bond donors (Lipinski definition) is 0. The fraction of sp³-hybridized carbons (Fsp3) is 0.500. The van der Waals surface area contributed by atoms with Gasteiger partial charge < -0.3 is 4.57 Å². The standard InChI is InChI=1S/C14H20N4O2S/c1-8(2)7-18-10-11(15-13(18)21-9(3)4)16(5)14(20)17(6)12(10)19/h9H,1,7H2,2-6H3. The molecule has 0 N–H and O–H groups in total. The van der Waals surface area contributed by atoms with E-state index in [1.54, 1.807) is 18.8 Å². The van der Waals surface area contributed by atoms with Gasteiger partial charge in [-0.25, -0.2) is 9.78 Å². The lowest BCUT2D eigenvalue weighted by atomic mass is 10.3. The average molecular weight is 308 g/mol. The Bertz CT molecular complexity index is 826. The van der Waals surface area contributed by atoms with Gasteiger partial charge in [0.25, 0.3) is 5.56 Å². The minimum Gasteiger partial charge on any atom is -0.309 e. The van der Waals surface area contributed by atoms with Crippen molar-refractivity contribution in [1.82, 2.24) is 18.7 Å². The number of allylic oxidation sites excluding steroid dienone is 1. The Morgan fingerprint density at radius 2 is 1.90 bits per heavy atom. The van der Waals surface area contributed by atoms with Gasteiger partial charge in [-0.05, 0) is 6.92 Å². The summed E-state index contributed by atoms with van der Waals surface area (Å²) in [5.74, 6) is 0. The molecular weight excluding hydrogens is 288 g/mol. The van der Waals surface area contributed by atoms with Crippen LogP contribution in [-0.2, 0) is 20.6 Å². The van der Waals surface area contributed by atoms with Crippen molar-refractivity contribution < 1.29 is 0 Å². The van der Waals surface area contributed by atoms with E-state index in [4.69, 9.17) is 0 Å². The maximum Gasteiger partial charge on any atom is 0.332 e. The summed E-state index contributed by atoms with van der Waals surface area (Å²) in [6.45, 7) is 10.5. The van der Waals surface area contributed by atoms with Gasteiger partial charge in [-0.3, -0.25) is 13.9 Å². The Hall–Kier alpha value is -1.76. The largest absolute Gasteiger partial charge is 0.332 e. The van der Waals surface area contributed by atoms with Crippen molar-refractivity contribution in [1.29, 1.82) is 0 Å². The van der Waals surface area contributed by atoms with Gasteiger partial charge in [0.15, 0.2) is 16.3 Å². The first kappa shape index (κ1) is 15.6. The fourth-order valence-electron chi connectivity index (χ4n) is 2.14. The number of aryl methyl sites for hydroxylation is 1. The molecule has 7 heteroatoms. The normalized spacial score (nSPS) is 11.5. The van der Waals surface area contributed by atoms with E-state index in [1.165, 1.54) is 11.6 Å². The Labute approximate surface area is 127 Å². The lowest BCUT2D eigenvalue weighted by Crippen LogP contribution is -2.37. The molecule has 114 valence electrons. The number of imidazole rings is 1. The topological polar surface area (TPSA) is 61.8 Å². The van der Waals surface area contributed by atoms with Crippen LogP contribution in [0.25, 0.3) is 11.2 Å². The molecule has 0 saturated carbocycles. The van der Waals surface area contributed by atoms with Crippen molar-refractivity contribution in [2.24, 2.45) is 14.1 Å². The predicted molar refractivity (Wildman–Crippen MR) is 86.0 cm³/mol. The minimum absolute atomic E-state index is 0.322. The highest BCUT2D eigenvalue weighted by atomic mass is 32.2. The molecule has 2 heterocycles. The number of fused-ring (bicyclic) bond motifs is 1. The summed E-state index contributed by atoms with van der Waals surface area (Å²) in [7, 11) is 3.11. The molecule has 0 aliphatic heterocycles. The molecule has 0 atom stereocenters. The van der Waals surface area contributed by atoms with Gasteiger partial charge in [0.1, 0.15) is 0 Å². The van der Waals surface area contributed by atoms with Crippen molar-refractivity contribution in [2.75, 3.05) is 0 Å². The molecule has 0 radical (unpaired) electrons. The van der Waals surface area contributed by atoms with E-state index in [9.17, 15) is 9.59 Å². The highest BCUT2D eigenvalue weighted by Gasteiger charge is 2.19. The zero-order valence-corrected chi connectivity index (χ0v) is 13.8. The molecule has 21 heavy (non-hydrogen) atoms. The molecule has 0 aliphatic rings. The molecule has 2 aromatic rings. The second-order valence-corrected chi connectivity index (χ2v) is 7.03. The van der Waals surface area contributed by atoms with Crippen molar-refractivity contribution in [3.05, 3.63) is 33.0 Å². The lowest BCUT2D eigenvalue weighted by molar-refractivity contribution is 0.693. The minimum atomic E-state index is -0.367. The van der Waals surface area contributed by atoms with Gasteiger partial charge in [0.05, 0.1) is 0 Å². The molecular formula is C14H20N4O2S. The van der Waals surface area contributed by atoms with Crippen molar-refractivity contribution in [2.45, 2.75) is 37.7 Å². The molecule has 0 aromatic carbocycles. The number of aromatic nitrogens is 4. The van der Waals surface area contributed by atoms with Crippen molar-refractivity contribution >= 4 is 22.9 Å². The van der Waals surface area contributed by atoms with Crippen LogP contribution in [-0.4, -0.2) is 23.9 Å². The number of nitrogens with zero attached hydrogens (tertiary/aromatic N) is 4. The van der Waals surface area contributed by atoms with Crippen molar-refractivity contribution in [3.63, 3.8) is 0 Å². The summed E-state index contributed by atoms with van der Waals surface area (Å²) in [4.78, 5) is 29.0. The summed E-state index contributed by atoms with van der Waals surface area (Å²) in [6.07, 6.45) is 0. The Morgan fingerprint density at radius 3 is 2.43 bits per heavy atom. The van der Waals surface area contributed by atoms with Crippen LogP contribution in [0.2, 0.25) is 0 Å². The van der Waals surface area contributed by atoms with Gasteiger partial charge in [-0.1, -0.05) is 37.8 Å². The van der Waals surface area contributed by atoms with E-state index >= 15 is 0 Å². The molecule has 0 spiro atoms. The molecule has 6 nitrogen and oxygen atoms in total. The number of thioether (sulfide) groups is 1. The maximum absolute atomic E-state index is 12.5. The van der Waals surface area contributed by atoms with Crippen LogP contribution in [0.5, 0.6) is 0 Å². The summed E-state index contributed by atoms with van der Waals surface area (Å²) in [5.41, 5.74) is 1.11. The molecule has 0 saturated heterocycles. The van der Waals surface area contributed by atoms with Crippen LogP contribution in [0.15, 0.2) is 26.9 Å². The first-order chi connectivity index (χ1) is 9.73. The molecule has 0 unspecified atom stereocenters. The molecule has 0 fully saturated rings. The highest BCUT2D eigenvalue weighted by Crippen LogP contribution is 2.25. The highest BCUT2D eigenvalue weighted by molar-refractivity contribution is 7.99. The van der Waals surface area contributed by atoms with Gasteiger partial charge in [0, 0.05) is 25.9 Å². The fourth-order valence-corrected chi connectivity index (χ4v) is 2.99. The zero-order valence-electron chi connectivity index (χ0n) is 13.0. The monoisotopic (exact) mass is 308 g/mol. The van der Waals surface area contributed by atoms with E-state index < -0.39 is 0 Å². The number of rotatable bonds is 4. The van der Waals surface area contributed by atoms with Gasteiger partial charge in [-0.2, -0.15) is 0 Å². The van der Waals surface area contributed by atoms with Gasteiger partial charge in [0.2, 0.25) is 0 Å². The number of hydrogen-bond acceptors (Lipinski definition) is 4. The third kappa shape index (κ3) is 2.70. The van der Waals surface area contributed by atoms with Crippen LogP contribution < -0.4 is 11.2 Å². The van der Waals surface area contributed by atoms with Gasteiger partial charge >= 0.3 is 5.69 Å². The van der Waals surface area contributed by atoms with E-state index in [0.717, 1.165) is 15.3 Å². The maximum atomic E-state index is 12.5. The predicted octanol–water partition coefficient (Wildman–Crippen LogP) is 1.51. The summed E-state index contributed by atoms with van der Waals surface area (Å²) < 4.78 is 4.38. The van der Waals surface area contributed by atoms with Crippen LogP contribution in [0.3, 0.4) is 0 Å². The molecule has 2 aromatic heterocycles. The summed E-state index contributed by atoms with van der Waals surface area (Å²) in [5, 5.41) is 1.06. The lowest BCUT2D eigenvalue weighted by Gasteiger charge is -2.10. The van der Waals surface area contributed by atoms with Crippen LogP contribution in [0.4, 0.5) is 0 Å². The molecule has 2 rings (SSSR count). The first-order valence-electron chi connectivity index (χ1n) is 6.71. The first-order valence-corrected chi connectivity index (χ1v) is 7.59. The second-order valence-electron chi connectivity index (χ2n) is 5.48. The smallest absolute Gasteiger partial charge is 0.309 e. The zero-order chi connectivity index (χ0) is 15.9. The summed E-state index contributed by atoms with van der Waals surface area (Å²) in [6, 6.07) is 0. The molecule has 0 aliphatic carbocycles. The van der Waals surface area contributed by atoms with Crippen LogP contribution in [0, 0.1) is 0 Å². The Balaban J connectivity index is 2.90. The average Bonchev–Trinajstić information content (AvgIpc) is 2.71. The van der Waals surface area contributed by atoms with E-state index in [-0.39, 0.29) is 11.2 Å². The van der Waals surface area contributed by atoms with Crippen molar-refractivity contribution in [3.8, 4) is 0 Å². The van der Waals surface area contributed by atoms with E-state index in [1.807, 2.05) is 11.5 Å². The van der Waals surface area contributed by atoms with Crippen LogP contribution >= 0.6 is 11.8 Å². The quantitative estimate of drug-likeness (QED) is 0.634. The molecule has 0 amide bonds. The third-order valence-electron chi connectivity index (χ3n) is 3.08.